The average molecular weight is 441 g/mol. The van der Waals surface area contributed by atoms with Crippen LogP contribution in [0.2, 0.25) is 0 Å². The van der Waals surface area contributed by atoms with Gasteiger partial charge in [-0.25, -0.2) is 4.98 Å². The van der Waals surface area contributed by atoms with Gasteiger partial charge in [0, 0.05) is 26.4 Å². The summed E-state index contributed by atoms with van der Waals surface area (Å²) in [5.41, 5.74) is 2.41. The molecule has 0 radical (unpaired) electrons. The number of pyridine rings is 1. The van der Waals surface area contributed by atoms with Crippen LogP contribution in [0.3, 0.4) is 0 Å². The molecule has 8 nitrogen and oxygen atoms in total. The second-order valence-corrected chi connectivity index (χ2v) is 7.23. The van der Waals surface area contributed by atoms with E-state index in [9.17, 15) is 4.79 Å². The molecule has 3 rings (SSSR count). The Kier molecular flexibility index (Phi) is 8.33. The van der Waals surface area contributed by atoms with Gasteiger partial charge < -0.3 is 24.4 Å². The molecular weight excluding hydrogens is 408 g/mol. The Hall–Kier alpha value is -3.26. The number of nitrogens with one attached hydrogen (secondary N) is 1. The Morgan fingerprint density at radius 1 is 1.06 bits per heavy atom. The zero-order valence-electron chi connectivity index (χ0n) is 19.3. The number of methoxy groups -OCH3 is 2. The van der Waals surface area contributed by atoms with Crippen LogP contribution in [0.15, 0.2) is 42.6 Å². The van der Waals surface area contributed by atoms with Crippen molar-refractivity contribution in [3.8, 4) is 11.5 Å². The Morgan fingerprint density at radius 3 is 2.47 bits per heavy atom. The summed E-state index contributed by atoms with van der Waals surface area (Å²) >= 11 is 0. The summed E-state index contributed by atoms with van der Waals surface area (Å²) in [6, 6.07) is 11.0. The number of fused-ring (bicyclic) bond motifs is 1. The molecule has 0 saturated carbocycles. The van der Waals surface area contributed by atoms with Crippen LogP contribution < -0.4 is 19.7 Å². The van der Waals surface area contributed by atoms with Gasteiger partial charge in [-0.05, 0) is 49.7 Å². The van der Waals surface area contributed by atoms with Crippen LogP contribution in [-0.2, 0) is 11.2 Å². The summed E-state index contributed by atoms with van der Waals surface area (Å²) in [7, 11) is 3.32. The highest BCUT2D eigenvalue weighted by Gasteiger charge is 2.18. The van der Waals surface area contributed by atoms with E-state index in [1.165, 1.54) is 0 Å². The lowest BCUT2D eigenvalue weighted by Crippen LogP contribution is -2.30. The maximum Gasteiger partial charge on any atom is 0.252 e. The van der Waals surface area contributed by atoms with E-state index in [1.807, 2.05) is 40.9 Å². The van der Waals surface area contributed by atoms with E-state index in [1.54, 1.807) is 20.3 Å². The summed E-state index contributed by atoms with van der Waals surface area (Å²) in [4.78, 5) is 19.7. The highest BCUT2D eigenvalue weighted by atomic mass is 16.5. The molecule has 0 bridgehead atoms. The van der Waals surface area contributed by atoms with Crippen molar-refractivity contribution >= 4 is 17.4 Å². The molecule has 2 heterocycles. The van der Waals surface area contributed by atoms with E-state index in [2.05, 4.69) is 24.1 Å². The third-order valence-electron chi connectivity index (χ3n) is 5.22. The summed E-state index contributed by atoms with van der Waals surface area (Å²) < 4.78 is 18.1. The molecule has 172 valence electrons. The van der Waals surface area contributed by atoms with Crippen molar-refractivity contribution in [2.24, 2.45) is 0 Å². The quantitative estimate of drug-likeness (QED) is 0.436. The minimum atomic E-state index is -0.150. The molecule has 0 aliphatic rings. The lowest BCUT2D eigenvalue weighted by molar-refractivity contribution is 0.0946. The number of amides is 1. The van der Waals surface area contributed by atoms with Gasteiger partial charge in [0.2, 0.25) is 0 Å². The van der Waals surface area contributed by atoms with Gasteiger partial charge in [-0.3, -0.25) is 9.20 Å². The smallest absolute Gasteiger partial charge is 0.252 e. The normalized spacial score (nSPS) is 10.9. The number of hydrogen-bond acceptors (Lipinski definition) is 6. The van der Waals surface area contributed by atoms with Crippen molar-refractivity contribution < 1.29 is 19.0 Å². The van der Waals surface area contributed by atoms with Crippen molar-refractivity contribution in [3.05, 3.63) is 53.9 Å². The maximum atomic E-state index is 12.7. The van der Waals surface area contributed by atoms with Gasteiger partial charge >= 0.3 is 0 Å². The van der Waals surface area contributed by atoms with E-state index in [0.717, 1.165) is 48.2 Å². The standard InChI is InChI=1S/C24H32N4O4/c1-5-21-24(27(6-2)14-16-30-3)28-17-18(7-12-22(28)26-21)23(29)25-13-15-32-20-10-8-19(31-4)9-11-20/h7-12,17H,5-6,13-16H2,1-4H3,(H,25,29). The van der Waals surface area contributed by atoms with Gasteiger partial charge in [-0.15, -0.1) is 0 Å². The highest BCUT2D eigenvalue weighted by Crippen LogP contribution is 2.24. The molecule has 0 atom stereocenters. The van der Waals surface area contributed by atoms with Crippen LogP contribution >= 0.6 is 0 Å². The van der Waals surface area contributed by atoms with Crippen molar-refractivity contribution in [3.63, 3.8) is 0 Å². The minimum Gasteiger partial charge on any atom is -0.497 e. The second kappa shape index (κ2) is 11.4. The molecule has 0 aliphatic carbocycles. The molecule has 0 unspecified atom stereocenters. The molecule has 0 spiro atoms. The van der Waals surface area contributed by atoms with Gasteiger partial charge in [0.25, 0.3) is 5.91 Å². The molecule has 8 heteroatoms. The van der Waals surface area contributed by atoms with Crippen molar-refractivity contribution in [1.29, 1.82) is 0 Å². The third-order valence-corrected chi connectivity index (χ3v) is 5.22. The zero-order chi connectivity index (χ0) is 22.9. The van der Waals surface area contributed by atoms with E-state index in [4.69, 9.17) is 19.2 Å². The SMILES string of the molecule is CCc1nc2ccc(C(=O)NCCOc3ccc(OC)cc3)cn2c1N(CC)CCOC. The van der Waals surface area contributed by atoms with Crippen molar-refractivity contribution in [2.45, 2.75) is 20.3 Å². The zero-order valence-corrected chi connectivity index (χ0v) is 19.3. The Labute approximate surface area is 189 Å². The van der Waals surface area contributed by atoms with E-state index < -0.39 is 0 Å². The summed E-state index contributed by atoms with van der Waals surface area (Å²) in [6.07, 6.45) is 2.66. The number of likely N-dealkylation sites (N-methyl/N-ethyl adjacent to an activating group) is 1. The number of ether oxygens (including phenoxy) is 3. The van der Waals surface area contributed by atoms with Crippen LogP contribution in [-0.4, -0.2) is 62.4 Å². The van der Waals surface area contributed by atoms with Gasteiger partial charge in [-0.2, -0.15) is 0 Å². The molecule has 1 amide bonds. The monoisotopic (exact) mass is 440 g/mol. The lowest BCUT2D eigenvalue weighted by Gasteiger charge is -2.23. The molecular formula is C24H32N4O4. The third kappa shape index (κ3) is 5.50. The first kappa shape index (κ1) is 23.4. The predicted octanol–water partition coefficient (Wildman–Crippen LogP) is 3.19. The van der Waals surface area contributed by atoms with E-state index in [0.29, 0.717) is 25.3 Å². The van der Waals surface area contributed by atoms with Gasteiger partial charge in [0.05, 0.1) is 31.5 Å². The van der Waals surface area contributed by atoms with Crippen LogP contribution in [0.1, 0.15) is 29.9 Å². The molecule has 0 fully saturated rings. The summed E-state index contributed by atoms with van der Waals surface area (Å²) in [5, 5.41) is 2.92. The van der Waals surface area contributed by atoms with Gasteiger partial charge in [-0.1, -0.05) is 6.92 Å². The first-order chi connectivity index (χ1) is 15.6. The maximum absolute atomic E-state index is 12.7. The van der Waals surface area contributed by atoms with Crippen molar-refractivity contribution in [1.82, 2.24) is 14.7 Å². The molecule has 0 aliphatic heterocycles. The topological polar surface area (TPSA) is 77.3 Å². The van der Waals surface area contributed by atoms with Crippen LogP contribution in [0.5, 0.6) is 11.5 Å². The number of aryl methyl sites for hydroxylation is 1. The molecule has 1 aromatic carbocycles. The van der Waals surface area contributed by atoms with E-state index in [-0.39, 0.29) is 5.91 Å². The van der Waals surface area contributed by atoms with Crippen LogP contribution in [0.25, 0.3) is 5.65 Å². The average Bonchev–Trinajstić information content (AvgIpc) is 3.20. The number of rotatable bonds is 12. The molecule has 3 aromatic rings. The fourth-order valence-electron chi connectivity index (χ4n) is 3.51. The number of benzene rings is 1. The summed E-state index contributed by atoms with van der Waals surface area (Å²) in [5.74, 6) is 2.37. The number of hydrogen-bond donors (Lipinski definition) is 1. The molecule has 1 N–H and O–H groups in total. The van der Waals surface area contributed by atoms with Crippen LogP contribution in [0, 0.1) is 0 Å². The Balaban J connectivity index is 1.68. The second-order valence-electron chi connectivity index (χ2n) is 7.23. The predicted molar refractivity (Wildman–Crippen MR) is 125 cm³/mol. The minimum absolute atomic E-state index is 0.150. The Morgan fingerprint density at radius 2 is 1.81 bits per heavy atom. The highest BCUT2D eigenvalue weighted by molar-refractivity contribution is 5.94. The molecule has 0 saturated heterocycles. The lowest BCUT2D eigenvalue weighted by atomic mass is 10.2. The largest absolute Gasteiger partial charge is 0.497 e. The van der Waals surface area contributed by atoms with Gasteiger partial charge in [0.15, 0.2) is 0 Å². The first-order valence-electron chi connectivity index (χ1n) is 10.9. The number of imidazole rings is 1. The van der Waals surface area contributed by atoms with E-state index >= 15 is 0 Å². The number of anilines is 1. The van der Waals surface area contributed by atoms with Gasteiger partial charge in [0.1, 0.15) is 29.6 Å². The molecule has 2 aromatic heterocycles. The van der Waals surface area contributed by atoms with Crippen LogP contribution in [0.4, 0.5) is 5.82 Å². The number of carbonyl (C=O) groups excluding carboxylic acids is 1. The first-order valence-corrected chi connectivity index (χ1v) is 10.9. The molecule has 32 heavy (non-hydrogen) atoms. The van der Waals surface area contributed by atoms with Crippen molar-refractivity contribution in [2.75, 3.05) is 52.0 Å². The fourth-order valence-corrected chi connectivity index (χ4v) is 3.51. The Bertz CT molecular complexity index is 1020. The summed E-state index contributed by atoms with van der Waals surface area (Å²) in [6.45, 7) is 7.17. The number of nitrogens with zero attached hydrogens (tertiary/aromatic N) is 3. The fraction of sp³-hybridized carbons (Fsp3) is 0.417. The number of aromatic nitrogens is 2. The number of carbonyl (C=O) groups is 1.